The number of alkyl halides is 1. The third kappa shape index (κ3) is 2.41. The zero-order valence-corrected chi connectivity index (χ0v) is 7.34. The van der Waals surface area contributed by atoms with Gasteiger partial charge in [0.05, 0.1) is 5.56 Å². The van der Waals surface area contributed by atoms with Crippen LogP contribution in [0.25, 0.3) is 0 Å². The molecule has 0 spiro atoms. The Morgan fingerprint density at radius 2 is 2.38 bits per heavy atom. The van der Waals surface area contributed by atoms with E-state index in [1.807, 2.05) is 13.0 Å². The van der Waals surface area contributed by atoms with Crippen LogP contribution < -0.4 is 5.32 Å². The lowest BCUT2D eigenvalue weighted by Crippen LogP contribution is -2.07. The molecule has 1 heterocycles. The van der Waals surface area contributed by atoms with Crippen LogP contribution in [-0.4, -0.2) is 18.2 Å². The first-order chi connectivity index (χ1) is 6.27. The van der Waals surface area contributed by atoms with Crippen LogP contribution in [0.1, 0.15) is 11.3 Å². The van der Waals surface area contributed by atoms with E-state index in [2.05, 4.69) is 10.3 Å². The van der Waals surface area contributed by atoms with Gasteiger partial charge in [0.25, 0.3) is 0 Å². The fraction of sp³-hybridized carbons (Fsp3) is 0.333. The maximum atomic E-state index is 11.8. The third-order valence-corrected chi connectivity index (χ3v) is 1.54. The molecule has 3 nitrogen and oxygen atoms in total. The number of nitrogens with zero attached hydrogens (tertiary/aromatic N) is 2. The standard InChI is InChI=1S/C9H10FN3/c1-7-2-3-8(6-11)9(13-7)12-5-4-10/h2-3H,4-5H2,1H3,(H,12,13). The lowest BCUT2D eigenvalue weighted by atomic mass is 10.2. The number of aromatic nitrogens is 1. The molecule has 0 radical (unpaired) electrons. The molecule has 0 aliphatic heterocycles. The molecular weight excluding hydrogens is 169 g/mol. The number of hydrogen-bond acceptors (Lipinski definition) is 3. The summed E-state index contributed by atoms with van der Waals surface area (Å²) >= 11 is 0. The Morgan fingerprint density at radius 1 is 1.62 bits per heavy atom. The van der Waals surface area contributed by atoms with Crippen molar-refractivity contribution in [2.24, 2.45) is 0 Å². The minimum Gasteiger partial charge on any atom is -0.366 e. The van der Waals surface area contributed by atoms with Gasteiger partial charge in [-0.25, -0.2) is 9.37 Å². The second kappa shape index (κ2) is 4.41. The van der Waals surface area contributed by atoms with Crippen molar-refractivity contribution in [2.75, 3.05) is 18.5 Å². The van der Waals surface area contributed by atoms with Gasteiger partial charge >= 0.3 is 0 Å². The van der Waals surface area contributed by atoms with Crippen LogP contribution in [0, 0.1) is 18.3 Å². The summed E-state index contributed by atoms with van der Waals surface area (Å²) in [6.07, 6.45) is 0. The molecule has 0 bridgehead atoms. The first kappa shape index (κ1) is 9.46. The Balaban J connectivity index is 2.89. The highest BCUT2D eigenvalue weighted by molar-refractivity contribution is 5.52. The summed E-state index contributed by atoms with van der Waals surface area (Å²) in [5.41, 5.74) is 1.25. The Kier molecular flexibility index (Phi) is 3.21. The molecule has 1 aromatic rings. The van der Waals surface area contributed by atoms with Crippen molar-refractivity contribution in [1.29, 1.82) is 5.26 Å². The summed E-state index contributed by atoms with van der Waals surface area (Å²) in [5.74, 6) is 0.458. The largest absolute Gasteiger partial charge is 0.366 e. The van der Waals surface area contributed by atoms with Crippen molar-refractivity contribution in [1.82, 2.24) is 4.98 Å². The van der Waals surface area contributed by atoms with Crippen molar-refractivity contribution in [3.05, 3.63) is 23.4 Å². The van der Waals surface area contributed by atoms with Gasteiger partial charge in [-0.2, -0.15) is 5.26 Å². The van der Waals surface area contributed by atoms with Crippen LogP contribution in [0.2, 0.25) is 0 Å². The summed E-state index contributed by atoms with van der Waals surface area (Å²) in [6, 6.07) is 5.40. The monoisotopic (exact) mass is 179 g/mol. The number of anilines is 1. The molecule has 1 N–H and O–H groups in total. The zero-order chi connectivity index (χ0) is 9.68. The highest BCUT2D eigenvalue weighted by Crippen LogP contribution is 2.11. The smallest absolute Gasteiger partial charge is 0.144 e. The van der Waals surface area contributed by atoms with Crippen molar-refractivity contribution in [3.63, 3.8) is 0 Å². The third-order valence-electron chi connectivity index (χ3n) is 1.54. The molecule has 1 aromatic heterocycles. The van der Waals surface area contributed by atoms with E-state index in [9.17, 15) is 4.39 Å². The molecule has 0 amide bonds. The van der Waals surface area contributed by atoms with Crippen LogP contribution in [0.5, 0.6) is 0 Å². The minimum absolute atomic E-state index is 0.186. The van der Waals surface area contributed by atoms with Gasteiger partial charge in [0.15, 0.2) is 0 Å². The summed E-state index contributed by atoms with van der Waals surface area (Å²) < 4.78 is 11.8. The highest BCUT2D eigenvalue weighted by atomic mass is 19.1. The van der Waals surface area contributed by atoms with Gasteiger partial charge in [0, 0.05) is 12.2 Å². The Hall–Kier alpha value is -1.63. The van der Waals surface area contributed by atoms with E-state index in [1.54, 1.807) is 12.1 Å². The van der Waals surface area contributed by atoms with Crippen LogP contribution >= 0.6 is 0 Å². The lowest BCUT2D eigenvalue weighted by molar-refractivity contribution is 0.512. The van der Waals surface area contributed by atoms with Crippen molar-refractivity contribution in [2.45, 2.75) is 6.92 Å². The molecular formula is C9H10FN3. The summed E-state index contributed by atoms with van der Waals surface area (Å²) in [4.78, 5) is 4.08. The Morgan fingerprint density at radius 3 is 3.00 bits per heavy atom. The van der Waals surface area contributed by atoms with Gasteiger partial charge in [0.1, 0.15) is 18.6 Å². The average molecular weight is 179 g/mol. The van der Waals surface area contributed by atoms with Crippen LogP contribution in [0.4, 0.5) is 10.2 Å². The van der Waals surface area contributed by atoms with E-state index in [-0.39, 0.29) is 6.54 Å². The van der Waals surface area contributed by atoms with Crippen molar-refractivity contribution in [3.8, 4) is 6.07 Å². The van der Waals surface area contributed by atoms with Gasteiger partial charge in [-0.05, 0) is 19.1 Å². The molecule has 13 heavy (non-hydrogen) atoms. The van der Waals surface area contributed by atoms with Crippen molar-refractivity contribution >= 4 is 5.82 Å². The molecule has 68 valence electrons. The molecule has 4 heteroatoms. The number of rotatable bonds is 3. The zero-order valence-electron chi connectivity index (χ0n) is 7.34. The number of nitrogens with one attached hydrogen (secondary N) is 1. The molecule has 0 aromatic carbocycles. The van der Waals surface area contributed by atoms with Crippen LogP contribution in [-0.2, 0) is 0 Å². The lowest BCUT2D eigenvalue weighted by Gasteiger charge is -2.05. The second-order valence-corrected chi connectivity index (χ2v) is 2.58. The second-order valence-electron chi connectivity index (χ2n) is 2.58. The molecule has 0 fully saturated rings. The molecule has 0 aliphatic carbocycles. The van der Waals surface area contributed by atoms with E-state index in [4.69, 9.17) is 5.26 Å². The topological polar surface area (TPSA) is 48.7 Å². The SMILES string of the molecule is Cc1ccc(C#N)c(NCCF)n1. The fourth-order valence-electron chi connectivity index (χ4n) is 0.947. The van der Waals surface area contributed by atoms with Crippen LogP contribution in [0.15, 0.2) is 12.1 Å². The first-order valence-electron chi connectivity index (χ1n) is 3.95. The number of halogens is 1. The predicted molar refractivity (Wildman–Crippen MR) is 48.2 cm³/mol. The van der Waals surface area contributed by atoms with Crippen LogP contribution in [0.3, 0.4) is 0 Å². The van der Waals surface area contributed by atoms with E-state index < -0.39 is 6.67 Å². The van der Waals surface area contributed by atoms with Gasteiger partial charge in [-0.1, -0.05) is 0 Å². The quantitative estimate of drug-likeness (QED) is 0.767. The molecule has 0 unspecified atom stereocenters. The number of nitriles is 1. The average Bonchev–Trinajstić information content (AvgIpc) is 2.15. The Bertz CT molecular complexity index is 330. The molecule has 0 saturated heterocycles. The van der Waals surface area contributed by atoms with Gasteiger partial charge in [0.2, 0.25) is 0 Å². The van der Waals surface area contributed by atoms with E-state index in [1.165, 1.54) is 0 Å². The summed E-state index contributed by atoms with van der Waals surface area (Å²) in [5, 5.41) is 11.4. The maximum absolute atomic E-state index is 11.8. The fourth-order valence-corrected chi connectivity index (χ4v) is 0.947. The van der Waals surface area contributed by atoms with Gasteiger partial charge in [-0.15, -0.1) is 0 Å². The highest BCUT2D eigenvalue weighted by Gasteiger charge is 2.02. The van der Waals surface area contributed by atoms with Gasteiger partial charge in [-0.3, -0.25) is 0 Å². The van der Waals surface area contributed by atoms with E-state index in [0.717, 1.165) is 5.69 Å². The number of aryl methyl sites for hydroxylation is 1. The van der Waals surface area contributed by atoms with Gasteiger partial charge < -0.3 is 5.32 Å². The molecule has 0 saturated carbocycles. The number of pyridine rings is 1. The summed E-state index contributed by atoms with van der Waals surface area (Å²) in [7, 11) is 0. The number of hydrogen-bond donors (Lipinski definition) is 1. The maximum Gasteiger partial charge on any atom is 0.144 e. The molecule has 0 aliphatic rings. The predicted octanol–water partition coefficient (Wildman–Crippen LogP) is 1.64. The normalized spacial score (nSPS) is 9.31. The molecule has 1 rings (SSSR count). The van der Waals surface area contributed by atoms with Crippen molar-refractivity contribution < 1.29 is 4.39 Å². The van der Waals surface area contributed by atoms with E-state index >= 15 is 0 Å². The van der Waals surface area contributed by atoms with E-state index in [0.29, 0.717) is 11.4 Å². The minimum atomic E-state index is -0.472. The first-order valence-corrected chi connectivity index (χ1v) is 3.95. The Labute approximate surface area is 76.2 Å². The molecule has 0 atom stereocenters. The summed E-state index contributed by atoms with van der Waals surface area (Å²) in [6.45, 7) is 1.54.